The average molecular weight is 467 g/mol. The summed E-state index contributed by atoms with van der Waals surface area (Å²) < 4.78 is 46.1. The average Bonchev–Trinajstić information content (AvgIpc) is 3.14. The highest BCUT2D eigenvalue weighted by atomic mass is 35.5. The lowest BCUT2D eigenvalue weighted by Crippen LogP contribution is -2.30. The van der Waals surface area contributed by atoms with Gasteiger partial charge in [-0.05, 0) is 48.7 Å². The summed E-state index contributed by atoms with van der Waals surface area (Å²) in [5, 5.41) is 5.17. The second kappa shape index (κ2) is 9.81. The molecule has 0 amide bonds. The summed E-state index contributed by atoms with van der Waals surface area (Å²) >= 11 is 6.09. The molecule has 3 aromatic rings. The number of ether oxygens (including phenoxy) is 1. The highest BCUT2D eigenvalue weighted by Crippen LogP contribution is 2.35. The molecule has 1 heterocycles. The van der Waals surface area contributed by atoms with Crippen LogP contribution in [0.15, 0.2) is 42.5 Å². The lowest BCUT2D eigenvalue weighted by molar-refractivity contribution is -0.137. The molecule has 1 atom stereocenters. The summed E-state index contributed by atoms with van der Waals surface area (Å²) in [6.07, 6.45) is -2.85. The van der Waals surface area contributed by atoms with Crippen LogP contribution < -0.4 is 9.64 Å². The molecule has 5 nitrogen and oxygen atoms in total. The monoisotopic (exact) mass is 466 g/mol. The van der Waals surface area contributed by atoms with Crippen molar-refractivity contribution < 1.29 is 17.9 Å². The van der Waals surface area contributed by atoms with Gasteiger partial charge in [0, 0.05) is 18.6 Å². The van der Waals surface area contributed by atoms with Crippen LogP contribution in [0, 0.1) is 0 Å². The molecule has 0 radical (unpaired) electrons. The third-order valence-corrected chi connectivity index (χ3v) is 5.50. The van der Waals surface area contributed by atoms with Gasteiger partial charge in [-0.3, -0.25) is 0 Å². The van der Waals surface area contributed by atoms with Crippen LogP contribution in [0.1, 0.15) is 43.9 Å². The van der Waals surface area contributed by atoms with Crippen LogP contribution in [0.5, 0.6) is 5.75 Å². The molecule has 0 aliphatic carbocycles. The van der Waals surface area contributed by atoms with Crippen molar-refractivity contribution in [2.75, 3.05) is 18.6 Å². The maximum absolute atomic E-state index is 13.0. The molecular weight excluding hydrogens is 441 g/mol. The Morgan fingerprint density at radius 1 is 1.12 bits per heavy atom. The molecule has 0 bridgehead atoms. The number of aromatic nitrogens is 3. The summed E-state index contributed by atoms with van der Waals surface area (Å²) in [6, 6.07) is 10.4. The van der Waals surface area contributed by atoms with E-state index >= 15 is 0 Å². The maximum atomic E-state index is 13.0. The van der Waals surface area contributed by atoms with Crippen molar-refractivity contribution in [1.82, 2.24) is 14.8 Å². The Morgan fingerprint density at radius 2 is 1.81 bits per heavy atom. The van der Waals surface area contributed by atoms with Crippen LogP contribution in [-0.2, 0) is 13.2 Å². The summed E-state index contributed by atoms with van der Waals surface area (Å²) in [5.74, 6) is 1.70. The third kappa shape index (κ3) is 5.01. The Bertz CT molecular complexity index is 1050. The zero-order chi connectivity index (χ0) is 23.5. The number of benzene rings is 2. The van der Waals surface area contributed by atoms with Gasteiger partial charge in [0.25, 0.3) is 0 Å². The molecule has 1 aromatic heterocycles. The SMILES string of the molecule is CCCN(c1nc(-c2ccc(Cl)cc2OC)n(C)n1)C(CC)c1ccc(C(F)(F)F)cc1. The van der Waals surface area contributed by atoms with Gasteiger partial charge in [0.05, 0.1) is 24.3 Å². The molecule has 2 aromatic carbocycles. The van der Waals surface area contributed by atoms with Crippen LogP contribution in [0.2, 0.25) is 5.02 Å². The molecule has 0 saturated carbocycles. The Labute approximate surface area is 190 Å². The Morgan fingerprint density at radius 3 is 2.38 bits per heavy atom. The van der Waals surface area contributed by atoms with Gasteiger partial charge in [0.1, 0.15) is 5.75 Å². The first-order valence-corrected chi connectivity index (χ1v) is 10.8. The van der Waals surface area contributed by atoms with Gasteiger partial charge in [-0.1, -0.05) is 37.6 Å². The number of rotatable bonds is 8. The molecule has 0 N–H and O–H groups in total. The summed E-state index contributed by atoms with van der Waals surface area (Å²) in [5.41, 5.74) is 0.871. The van der Waals surface area contributed by atoms with Crippen molar-refractivity contribution in [3.8, 4) is 17.1 Å². The highest BCUT2D eigenvalue weighted by Gasteiger charge is 2.31. The van der Waals surface area contributed by atoms with Gasteiger partial charge in [-0.25, -0.2) is 4.68 Å². The van der Waals surface area contributed by atoms with E-state index in [1.165, 1.54) is 12.1 Å². The fourth-order valence-corrected chi connectivity index (χ4v) is 3.91. The van der Waals surface area contributed by atoms with Crippen molar-refractivity contribution in [3.05, 3.63) is 58.6 Å². The van der Waals surface area contributed by atoms with E-state index in [9.17, 15) is 13.2 Å². The normalized spacial score (nSPS) is 12.6. The molecule has 0 aliphatic rings. The van der Waals surface area contributed by atoms with Gasteiger partial charge >= 0.3 is 6.18 Å². The molecule has 3 rings (SSSR count). The van der Waals surface area contributed by atoms with Crippen LogP contribution in [0.25, 0.3) is 11.4 Å². The number of hydrogen-bond acceptors (Lipinski definition) is 4. The predicted molar refractivity (Wildman–Crippen MR) is 120 cm³/mol. The topological polar surface area (TPSA) is 43.2 Å². The zero-order valence-corrected chi connectivity index (χ0v) is 19.2. The van der Waals surface area contributed by atoms with E-state index in [1.54, 1.807) is 31.0 Å². The Kier molecular flexibility index (Phi) is 7.33. The fraction of sp³-hybridized carbons (Fsp3) is 0.391. The minimum atomic E-state index is -4.36. The van der Waals surface area contributed by atoms with E-state index in [4.69, 9.17) is 21.3 Å². The Balaban J connectivity index is 2.00. The van der Waals surface area contributed by atoms with E-state index in [0.29, 0.717) is 35.5 Å². The van der Waals surface area contributed by atoms with Crippen LogP contribution in [-0.4, -0.2) is 28.4 Å². The van der Waals surface area contributed by atoms with Gasteiger partial charge in [0.15, 0.2) is 5.82 Å². The molecule has 9 heteroatoms. The number of alkyl halides is 3. The van der Waals surface area contributed by atoms with E-state index in [1.807, 2.05) is 24.8 Å². The largest absolute Gasteiger partial charge is 0.496 e. The second-order valence-corrected chi connectivity index (χ2v) is 7.88. The van der Waals surface area contributed by atoms with Gasteiger partial charge in [-0.15, -0.1) is 5.10 Å². The van der Waals surface area contributed by atoms with Crippen molar-refractivity contribution in [3.63, 3.8) is 0 Å². The molecule has 0 saturated heterocycles. The van der Waals surface area contributed by atoms with Crippen molar-refractivity contribution in [2.45, 2.75) is 38.9 Å². The van der Waals surface area contributed by atoms with Crippen molar-refractivity contribution in [1.29, 1.82) is 0 Å². The van der Waals surface area contributed by atoms with Gasteiger partial charge < -0.3 is 9.64 Å². The molecule has 172 valence electrons. The minimum absolute atomic E-state index is 0.167. The lowest BCUT2D eigenvalue weighted by Gasteiger charge is -2.30. The lowest BCUT2D eigenvalue weighted by atomic mass is 10.0. The molecule has 0 fully saturated rings. The van der Waals surface area contributed by atoms with E-state index < -0.39 is 11.7 Å². The number of nitrogens with zero attached hydrogens (tertiary/aromatic N) is 4. The maximum Gasteiger partial charge on any atom is 0.416 e. The molecular formula is C23H26ClF3N4O. The van der Waals surface area contributed by atoms with Crippen molar-refractivity contribution >= 4 is 17.5 Å². The number of halogens is 4. The van der Waals surface area contributed by atoms with E-state index in [0.717, 1.165) is 29.7 Å². The highest BCUT2D eigenvalue weighted by molar-refractivity contribution is 6.30. The van der Waals surface area contributed by atoms with Gasteiger partial charge in [0.2, 0.25) is 5.95 Å². The molecule has 0 spiro atoms. The number of methoxy groups -OCH3 is 1. The number of hydrogen-bond donors (Lipinski definition) is 0. The number of aryl methyl sites for hydroxylation is 1. The molecule has 32 heavy (non-hydrogen) atoms. The minimum Gasteiger partial charge on any atom is -0.496 e. The summed E-state index contributed by atoms with van der Waals surface area (Å²) in [6.45, 7) is 4.69. The predicted octanol–water partition coefficient (Wildman–Crippen LogP) is 6.53. The standard InChI is InChI=1S/C23H26ClF3N4O/c1-5-13-31(19(6-2)15-7-9-16(10-8-15)23(25,26)27)22-28-21(30(3)29-22)18-12-11-17(24)14-20(18)32-4/h7-12,14,19H,5-6,13H2,1-4H3. The third-order valence-electron chi connectivity index (χ3n) is 5.26. The first-order valence-electron chi connectivity index (χ1n) is 10.4. The summed E-state index contributed by atoms with van der Waals surface area (Å²) in [4.78, 5) is 6.80. The quantitative estimate of drug-likeness (QED) is 0.378. The molecule has 1 unspecified atom stereocenters. The van der Waals surface area contributed by atoms with Gasteiger partial charge in [-0.2, -0.15) is 18.2 Å². The summed E-state index contributed by atoms with van der Waals surface area (Å²) in [7, 11) is 3.36. The van der Waals surface area contributed by atoms with E-state index in [-0.39, 0.29) is 6.04 Å². The first kappa shape index (κ1) is 23.9. The fourth-order valence-electron chi connectivity index (χ4n) is 3.74. The Hall–Kier alpha value is -2.74. The second-order valence-electron chi connectivity index (χ2n) is 7.44. The smallest absolute Gasteiger partial charge is 0.416 e. The number of anilines is 1. The van der Waals surface area contributed by atoms with Crippen LogP contribution in [0.3, 0.4) is 0 Å². The first-order chi connectivity index (χ1) is 15.2. The van der Waals surface area contributed by atoms with Crippen molar-refractivity contribution in [2.24, 2.45) is 7.05 Å². The zero-order valence-electron chi connectivity index (χ0n) is 18.4. The van der Waals surface area contributed by atoms with E-state index in [2.05, 4.69) is 5.10 Å². The van der Waals surface area contributed by atoms with Crippen LogP contribution in [0.4, 0.5) is 19.1 Å². The molecule has 0 aliphatic heterocycles. The van der Waals surface area contributed by atoms with Crippen LogP contribution >= 0.6 is 11.6 Å².